The number of nitrogens with zero attached hydrogens (tertiary/aromatic N) is 1. The minimum Gasteiger partial charge on any atom is -0.481 e. The fourth-order valence-corrected chi connectivity index (χ4v) is 1.83. The van der Waals surface area contributed by atoms with Gasteiger partial charge in [-0.25, -0.2) is 0 Å². The molecule has 1 heterocycles. The van der Waals surface area contributed by atoms with E-state index in [1.165, 1.54) is 0 Å². The molecule has 1 radical (unpaired) electrons. The minimum absolute atomic E-state index is 0. The quantitative estimate of drug-likeness (QED) is 0.680. The predicted molar refractivity (Wildman–Crippen MR) is 54.5 cm³/mol. The SMILES string of the molecule is COCCN1CCCC1CC(=O)O.[K]. The van der Waals surface area contributed by atoms with Gasteiger partial charge in [0.05, 0.1) is 13.0 Å². The molecule has 0 aromatic rings. The molecule has 1 N–H and O–H groups in total. The van der Waals surface area contributed by atoms with E-state index in [0.717, 1.165) is 25.9 Å². The second-order valence-electron chi connectivity index (χ2n) is 3.42. The third kappa shape index (κ3) is 5.20. The third-order valence-electron chi connectivity index (χ3n) is 2.49. The molecule has 14 heavy (non-hydrogen) atoms. The summed E-state index contributed by atoms with van der Waals surface area (Å²) in [7, 11) is 1.67. The van der Waals surface area contributed by atoms with Crippen LogP contribution in [-0.2, 0) is 9.53 Å². The Balaban J connectivity index is 0.00000169. The van der Waals surface area contributed by atoms with Crippen LogP contribution in [0.5, 0.6) is 0 Å². The van der Waals surface area contributed by atoms with Crippen molar-refractivity contribution in [2.24, 2.45) is 0 Å². The molecule has 1 fully saturated rings. The molecule has 1 unspecified atom stereocenters. The van der Waals surface area contributed by atoms with Crippen LogP contribution in [0.3, 0.4) is 0 Å². The molecule has 77 valence electrons. The Bertz CT molecular complexity index is 177. The van der Waals surface area contributed by atoms with Crippen LogP contribution in [0.2, 0.25) is 0 Å². The average molecular weight is 226 g/mol. The van der Waals surface area contributed by atoms with Gasteiger partial charge in [0.15, 0.2) is 0 Å². The molecule has 0 aromatic carbocycles. The van der Waals surface area contributed by atoms with Gasteiger partial charge in [-0.1, -0.05) is 0 Å². The molecule has 5 heteroatoms. The van der Waals surface area contributed by atoms with E-state index in [4.69, 9.17) is 9.84 Å². The maximum atomic E-state index is 10.5. The molecule has 1 aliphatic heterocycles. The summed E-state index contributed by atoms with van der Waals surface area (Å²) >= 11 is 0. The number of methoxy groups -OCH3 is 1. The van der Waals surface area contributed by atoms with Crippen molar-refractivity contribution in [3.8, 4) is 0 Å². The van der Waals surface area contributed by atoms with Gasteiger partial charge < -0.3 is 9.84 Å². The largest absolute Gasteiger partial charge is 0.481 e. The number of hydrogen-bond acceptors (Lipinski definition) is 3. The Morgan fingerprint density at radius 3 is 2.93 bits per heavy atom. The summed E-state index contributed by atoms with van der Waals surface area (Å²) in [6, 6.07) is 0.229. The first-order valence-corrected chi connectivity index (χ1v) is 4.69. The monoisotopic (exact) mass is 226 g/mol. The van der Waals surface area contributed by atoms with Crippen LogP contribution in [0.25, 0.3) is 0 Å². The Kier molecular flexibility index (Phi) is 8.81. The fraction of sp³-hybridized carbons (Fsp3) is 0.889. The van der Waals surface area contributed by atoms with Crippen LogP contribution < -0.4 is 0 Å². The van der Waals surface area contributed by atoms with Crippen LogP contribution >= 0.6 is 0 Å². The molecule has 0 aliphatic carbocycles. The molecule has 1 saturated heterocycles. The van der Waals surface area contributed by atoms with Gasteiger partial charge in [-0.3, -0.25) is 9.69 Å². The van der Waals surface area contributed by atoms with Crippen molar-refractivity contribution in [1.82, 2.24) is 4.90 Å². The molecular formula is C9H17KNO3. The summed E-state index contributed by atoms with van der Waals surface area (Å²) in [5.74, 6) is -0.700. The summed E-state index contributed by atoms with van der Waals surface area (Å²) < 4.78 is 4.97. The first-order valence-electron chi connectivity index (χ1n) is 4.69. The van der Waals surface area contributed by atoms with E-state index in [2.05, 4.69) is 4.90 Å². The molecule has 1 aliphatic rings. The fourth-order valence-electron chi connectivity index (χ4n) is 1.83. The molecule has 1 rings (SSSR count). The van der Waals surface area contributed by atoms with Gasteiger partial charge in [-0.2, -0.15) is 0 Å². The first-order chi connectivity index (χ1) is 6.24. The summed E-state index contributed by atoms with van der Waals surface area (Å²) in [4.78, 5) is 12.7. The zero-order valence-electron chi connectivity index (χ0n) is 9.03. The molecule has 0 saturated carbocycles. The number of ether oxygens (including phenoxy) is 1. The topological polar surface area (TPSA) is 49.8 Å². The van der Waals surface area contributed by atoms with Crippen molar-refractivity contribution in [3.05, 3.63) is 0 Å². The van der Waals surface area contributed by atoms with Crippen molar-refractivity contribution < 1.29 is 14.6 Å². The Morgan fingerprint density at radius 1 is 1.64 bits per heavy atom. The van der Waals surface area contributed by atoms with Crippen molar-refractivity contribution >= 4 is 57.4 Å². The van der Waals surface area contributed by atoms with E-state index in [1.54, 1.807) is 7.11 Å². The summed E-state index contributed by atoms with van der Waals surface area (Å²) in [5.41, 5.74) is 0. The average Bonchev–Trinajstić information content (AvgIpc) is 2.48. The van der Waals surface area contributed by atoms with Gasteiger partial charge in [0.2, 0.25) is 0 Å². The first kappa shape index (κ1) is 15.0. The zero-order valence-corrected chi connectivity index (χ0v) is 12.2. The van der Waals surface area contributed by atoms with Gasteiger partial charge in [0.1, 0.15) is 0 Å². The summed E-state index contributed by atoms with van der Waals surface area (Å²) in [6.07, 6.45) is 2.39. The van der Waals surface area contributed by atoms with Gasteiger partial charge in [0, 0.05) is 71.1 Å². The van der Waals surface area contributed by atoms with Crippen LogP contribution in [-0.4, -0.2) is 100 Å². The van der Waals surface area contributed by atoms with E-state index in [9.17, 15) is 4.79 Å². The maximum Gasteiger partial charge on any atom is 0.304 e. The Morgan fingerprint density at radius 2 is 2.36 bits per heavy atom. The zero-order chi connectivity index (χ0) is 9.68. The van der Waals surface area contributed by atoms with Crippen LogP contribution in [0.4, 0.5) is 0 Å². The van der Waals surface area contributed by atoms with Crippen LogP contribution in [0, 0.1) is 0 Å². The van der Waals surface area contributed by atoms with Crippen molar-refractivity contribution in [2.75, 3.05) is 26.8 Å². The Labute approximate surface area is 127 Å². The summed E-state index contributed by atoms with van der Waals surface area (Å²) in [6.45, 7) is 2.56. The second-order valence-corrected chi connectivity index (χ2v) is 3.42. The van der Waals surface area contributed by atoms with E-state index >= 15 is 0 Å². The number of carboxylic acids is 1. The standard InChI is InChI=1S/C9H17NO3.K/c1-13-6-5-10-4-2-3-8(10)7-9(11)12;/h8H,2-7H2,1H3,(H,11,12);. The smallest absolute Gasteiger partial charge is 0.304 e. The third-order valence-corrected chi connectivity index (χ3v) is 2.49. The number of carboxylic acid groups (broad SMARTS) is 1. The molecule has 0 bridgehead atoms. The molecule has 4 nitrogen and oxygen atoms in total. The van der Waals surface area contributed by atoms with Crippen molar-refractivity contribution in [3.63, 3.8) is 0 Å². The predicted octanol–water partition coefficient (Wildman–Crippen LogP) is 0.191. The molecule has 0 amide bonds. The van der Waals surface area contributed by atoms with Gasteiger partial charge in [0.25, 0.3) is 0 Å². The molecule has 0 spiro atoms. The number of carbonyl (C=O) groups is 1. The molecule has 1 atom stereocenters. The second kappa shape index (κ2) is 8.21. The normalized spacial score (nSPS) is 21.9. The number of aliphatic carboxylic acids is 1. The maximum absolute atomic E-state index is 10.5. The van der Waals surface area contributed by atoms with E-state index in [0.29, 0.717) is 6.61 Å². The van der Waals surface area contributed by atoms with E-state index < -0.39 is 5.97 Å². The van der Waals surface area contributed by atoms with Crippen LogP contribution in [0.1, 0.15) is 19.3 Å². The number of likely N-dealkylation sites (tertiary alicyclic amines) is 1. The van der Waals surface area contributed by atoms with Crippen LogP contribution in [0.15, 0.2) is 0 Å². The van der Waals surface area contributed by atoms with Gasteiger partial charge in [-0.15, -0.1) is 0 Å². The van der Waals surface area contributed by atoms with Gasteiger partial charge >= 0.3 is 5.97 Å². The minimum atomic E-state index is -0.700. The Hall–Kier alpha value is 1.03. The van der Waals surface area contributed by atoms with E-state index in [1.807, 2.05) is 0 Å². The van der Waals surface area contributed by atoms with Crippen molar-refractivity contribution in [2.45, 2.75) is 25.3 Å². The van der Waals surface area contributed by atoms with Gasteiger partial charge in [-0.05, 0) is 19.4 Å². The number of rotatable bonds is 5. The number of hydrogen-bond donors (Lipinski definition) is 1. The van der Waals surface area contributed by atoms with E-state index in [-0.39, 0.29) is 63.8 Å². The van der Waals surface area contributed by atoms with Crippen molar-refractivity contribution in [1.29, 1.82) is 0 Å². The molecule has 0 aromatic heterocycles. The molecular weight excluding hydrogens is 209 g/mol. The summed E-state index contributed by atoms with van der Waals surface area (Å²) in [5, 5.41) is 8.66.